The van der Waals surface area contributed by atoms with Crippen LogP contribution in [0.15, 0.2) is 24.3 Å². The Morgan fingerprint density at radius 2 is 1.86 bits per heavy atom. The van der Waals surface area contributed by atoms with Crippen molar-refractivity contribution in [3.05, 3.63) is 34.9 Å². The summed E-state index contributed by atoms with van der Waals surface area (Å²) in [5.41, 5.74) is 1.41. The normalized spacial score (nSPS) is 40.5. The van der Waals surface area contributed by atoms with Crippen LogP contribution < -0.4 is 0 Å². The number of carbonyl (C=O) groups is 1. The minimum absolute atomic E-state index is 0.0298. The maximum absolute atomic E-state index is 13.1. The molecule has 0 N–H and O–H groups in total. The van der Waals surface area contributed by atoms with E-state index in [0.717, 1.165) is 41.7 Å². The van der Waals surface area contributed by atoms with Crippen molar-refractivity contribution in [2.75, 3.05) is 0 Å². The zero-order valence-corrected chi connectivity index (χ0v) is 13.5. The average molecular weight is 303 g/mol. The molecule has 2 atom stereocenters. The molecule has 0 heterocycles. The monoisotopic (exact) mass is 302 g/mol. The number of halogens is 1. The van der Waals surface area contributed by atoms with Crippen molar-refractivity contribution in [2.45, 2.75) is 51.9 Å². The minimum atomic E-state index is -0.0298. The maximum atomic E-state index is 13.1. The molecular formula is C19H23ClO. The van der Waals surface area contributed by atoms with Crippen molar-refractivity contribution < 1.29 is 4.79 Å². The van der Waals surface area contributed by atoms with Crippen LogP contribution in [0.4, 0.5) is 0 Å². The molecule has 0 aromatic heterocycles. The molecule has 0 spiro atoms. The Kier molecular flexibility index (Phi) is 3.02. The van der Waals surface area contributed by atoms with Crippen LogP contribution in [-0.2, 0) is 11.2 Å². The van der Waals surface area contributed by atoms with Gasteiger partial charge in [0.1, 0.15) is 5.78 Å². The van der Waals surface area contributed by atoms with Crippen LogP contribution in [-0.4, -0.2) is 5.78 Å². The van der Waals surface area contributed by atoms with E-state index in [1.165, 1.54) is 19.3 Å². The highest BCUT2D eigenvalue weighted by molar-refractivity contribution is 6.31. The molecule has 21 heavy (non-hydrogen) atoms. The Bertz CT molecular complexity index is 577. The topological polar surface area (TPSA) is 17.1 Å². The number of hydrogen-bond donors (Lipinski definition) is 0. The highest BCUT2D eigenvalue weighted by Crippen LogP contribution is 2.65. The molecule has 4 aliphatic carbocycles. The first-order valence-corrected chi connectivity index (χ1v) is 8.63. The lowest BCUT2D eigenvalue weighted by Gasteiger charge is -2.60. The van der Waals surface area contributed by atoms with Crippen LogP contribution >= 0.6 is 11.6 Å². The summed E-state index contributed by atoms with van der Waals surface area (Å²) >= 11 is 6.25. The van der Waals surface area contributed by atoms with E-state index in [1.807, 2.05) is 24.3 Å². The van der Waals surface area contributed by atoms with Gasteiger partial charge in [-0.25, -0.2) is 0 Å². The van der Waals surface area contributed by atoms with Gasteiger partial charge in [0.2, 0.25) is 0 Å². The standard InChI is InChI=1S/C19H23ClO/c1-18-8-13-6-14(9-18)11-19(10-13,12-18)17(21)7-15-4-2-3-5-16(15)20/h2-5,13-14H,6-12H2,1H3. The van der Waals surface area contributed by atoms with Crippen molar-refractivity contribution in [1.82, 2.24) is 0 Å². The number of benzene rings is 1. The van der Waals surface area contributed by atoms with Crippen molar-refractivity contribution in [3.63, 3.8) is 0 Å². The van der Waals surface area contributed by atoms with E-state index in [9.17, 15) is 4.79 Å². The summed E-state index contributed by atoms with van der Waals surface area (Å²) in [5.74, 6) is 2.05. The molecule has 4 bridgehead atoms. The molecule has 0 saturated heterocycles. The molecule has 0 aliphatic heterocycles. The molecule has 1 aromatic rings. The molecule has 0 amide bonds. The van der Waals surface area contributed by atoms with Crippen molar-refractivity contribution in [2.24, 2.45) is 22.7 Å². The summed E-state index contributed by atoms with van der Waals surface area (Å²) < 4.78 is 0. The van der Waals surface area contributed by atoms with Gasteiger partial charge in [-0.2, -0.15) is 0 Å². The van der Waals surface area contributed by atoms with Gasteiger partial charge in [-0.05, 0) is 67.4 Å². The van der Waals surface area contributed by atoms with E-state index in [-0.39, 0.29) is 5.41 Å². The third-order valence-electron chi connectivity index (χ3n) is 6.25. The summed E-state index contributed by atoms with van der Waals surface area (Å²) in [7, 11) is 0. The summed E-state index contributed by atoms with van der Waals surface area (Å²) in [6.07, 6.45) is 8.00. The van der Waals surface area contributed by atoms with E-state index in [4.69, 9.17) is 11.6 Å². The van der Waals surface area contributed by atoms with E-state index in [0.29, 0.717) is 17.6 Å². The Morgan fingerprint density at radius 1 is 1.19 bits per heavy atom. The lowest BCUT2D eigenvalue weighted by molar-refractivity contribution is -0.152. The predicted octanol–water partition coefficient (Wildman–Crippen LogP) is 5.06. The third-order valence-corrected chi connectivity index (χ3v) is 6.62. The first kappa shape index (κ1) is 13.8. The third kappa shape index (κ3) is 2.25. The predicted molar refractivity (Wildman–Crippen MR) is 85.4 cm³/mol. The largest absolute Gasteiger partial charge is 0.299 e. The molecule has 2 heteroatoms. The van der Waals surface area contributed by atoms with Gasteiger partial charge < -0.3 is 0 Å². The Labute approximate surface area is 132 Å². The summed E-state index contributed by atoms with van der Waals surface area (Å²) in [6, 6.07) is 7.81. The molecule has 4 aliphatic rings. The molecular weight excluding hydrogens is 280 g/mol. The Morgan fingerprint density at radius 3 is 2.48 bits per heavy atom. The van der Waals surface area contributed by atoms with E-state index in [1.54, 1.807) is 0 Å². The molecule has 2 unspecified atom stereocenters. The molecule has 1 aromatic carbocycles. The van der Waals surface area contributed by atoms with Crippen molar-refractivity contribution in [1.29, 1.82) is 0 Å². The Hall–Kier alpha value is -0.820. The molecule has 1 nitrogen and oxygen atoms in total. The van der Waals surface area contributed by atoms with Crippen LogP contribution in [0.1, 0.15) is 51.0 Å². The second kappa shape index (κ2) is 4.59. The number of rotatable bonds is 3. The molecule has 4 fully saturated rings. The zero-order valence-electron chi connectivity index (χ0n) is 12.7. The quantitative estimate of drug-likeness (QED) is 0.763. The summed E-state index contributed by atoms with van der Waals surface area (Å²) in [4.78, 5) is 13.1. The SMILES string of the molecule is CC12CC3CC(C1)CC(C(=O)Cc1ccccc1Cl)(C3)C2. The smallest absolute Gasteiger partial charge is 0.143 e. The van der Waals surface area contributed by atoms with Crippen LogP contribution in [0, 0.1) is 22.7 Å². The maximum Gasteiger partial charge on any atom is 0.143 e. The summed E-state index contributed by atoms with van der Waals surface area (Å²) in [6.45, 7) is 2.42. The highest BCUT2D eigenvalue weighted by Gasteiger charge is 2.58. The molecule has 0 radical (unpaired) electrons. The van der Waals surface area contributed by atoms with Gasteiger partial charge in [0.15, 0.2) is 0 Å². The van der Waals surface area contributed by atoms with Gasteiger partial charge >= 0.3 is 0 Å². The lowest BCUT2D eigenvalue weighted by atomic mass is 9.43. The van der Waals surface area contributed by atoms with Gasteiger partial charge in [-0.1, -0.05) is 36.7 Å². The summed E-state index contributed by atoms with van der Waals surface area (Å²) in [5, 5.41) is 0.738. The van der Waals surface area contributed by atoms with Gasteiger partial charge in [0.25, 0.3) is 0 Å². The van der Waals surface area contributed by atoms with Gasteiger partial charge in [0, 0.05) is 16.9 Å². The van der Waals surface area contributed by atoms with Crippen LogP contribution in [0.25, 0.3) is 0 Å². The lowest BCUT2D eigenvalue weighted by Crippen LogP contribution is -2.54. The molecule has 112 valence electrons. The van der Waals surface area contributed by atoms with Crippen molar-refractivity contribution >= 4 is 17.4 Å². The fraction of sp³-hybridized carbons (Fsp3) is 0.632. The second-order valence-corrected chi connectivity index (χ2v) is 8.65. The average Bonchev–Trinajstić information content (AvgIpc) is 2.38. The number of Topliss-reactive ketones (excluding diaryl/α,β-unsaturated/α-hetero) is 1. The van der Waals surface area contributed by atoms with Gasteiger partial charge in [0.05, 0.1) is 0 Å². The highest BCUT2D eigenvalue weighted by atomic mass is 35.5. The van der Waals surface area contributed by atoms with E-state index in [2.05, 4.69) is 6.92 Å². The number of carbonyl (C=O) groups excluding carboxylic acids is 1. The van der Waals surface area contributed by atoms with Gasteiger partial charge in [-0.15, -0.1) is 0 Å². The Balaban J connectivity index is 1.61. The van der Waals surface area contributed by atoms with Crippen molar-refractivity contribution in [3.8, 4) is 0 Å². The number of hydrogen-bond acceptors (Lipinski definition) is 1. The van der Waals surface area contributed by atoms with Crippen LogP contribution in [0.3, 0.4) is 0 Å². The number of ketones is 1. The second-order valence-electron chi connectivity index (χ2n) is 8.24. The zero-order chi connectivity index (χ0) is 14.7. The first-order chi connectivity index (χ1) is 9.98. The van der Waals surface area contributed by atoms with Crippen LogP contribution in [0.5, 0.6) is 0 Å². The minimum Gasteiger partial charge on any atom is -0.299 e. The van der Waals surface area contributed by atoms with Crippen LogP contribution in [0.2, 0.25) is 5.02 Å². The first-order valence-electron chi connectivity index (χ1n) is 8.25. The fourth-order valence-corrected chi connectivity index (χ4v) is 6.25. The molecule has 4 saturated carbocycles. The van der Waals surface area contributed by atoms with E-state index < -0.39 is 0 Å². The fourth-order valence-electron chi connectivity index (χ4n) is 6.05. The van der Waals surface area contributed by atoms with E-state index >= 15 is 0 Å². The molecule has 5 rings (SSSR count). The van der Waals surface area contributed by atoms with Gasteiger partial charge in [-0.3, -0.25) is 4.79 Å².